The Bertz CT molecular complexity index is 1210. The molecule has 192 valence electrons. The summed E-state index contributed by atoms with van der Waals surface area (Å²) < 4.78 is 0. The summed E-state index contributed by atoms with van der Waals surface area (Å²) in [6, 6.07) is 7.00. The maximum atomic E-state index is 12.7. The Labute approximate surface area is 213 Å². The van der Waals surface area contributed by atoms with Gasteiger partial charge >= 0.3 is 0 Å². The number of aliphatic imine (C=N–C) groups is 1. The average molecular weight is 491 g/mol. The number of nitrogens with one attached hydrogen (secondary N) is 3. The number of rotatable bonds is 8. The summed E-state index contributed by atoms with van der Waals surface area (Å²) in [6.07, 6.45) is 12.4. The highest BCUT2D eigenvalue weighted by Gasteiger charge is 2.17. The Kier molecular flexibility index (Phi) is 10.0. The van der Waals surface area contributed by atoms with Crippen LogP contribution in [0, 0.1) is 5.92 Å². The number of phenols is 1. The standard InChI is InChI=1S/C26H32N6O2.C2H6/c1-3-11-27-20(4-2)21-10-12-28-26(32-21)30-19-13-18-14-22(31-24(18)23(33)15-19)25(34)29-16-17-8-6-5-7-9-17;1-2/h4,10-15,17,31,33H,3,5-9,16H2,1-2H3,(H,29,34)(H,28,30,32);1-2H3/b20-4-,27-11?;. The van der Waals surface area contributed by atoms with Gasteiger partial charge < -0.3 is 20.7 Å². The molecule has 2 heterocycles. The van der Waals surface area contributed by atoms with E-state index in [9.17, 15) is 9.90 Å². The fourth-order valence-corrected chi connectivity index (χ4v) is 4.31. The van der Waals surface area contributed by atoms with E-state index < -0.39 is 0 Å². The maximum Gasteiger partial charge on any atom is 0.267 e. The van der Waals surface area contributed by atoms with Crippen molar-refractivity contribution in [2.75, 3.05) is 11.9 Å². The Balaban J connectivity index is 0.00000176. The van der Waals surface area contributed by atoms with Gasteiger partial charge in [0.15, 0.2) is 0 Å². The van der Waals surface area contributed by atoms with E-state index in [0.29, 0.717) is 41.0 Å². The molecule has 3 aromatic rings. The second-order valence-corrected chi connectivity index (χ2v) is 8.64. The van der Waals surface area contributed by atoms with E-state index in [2.05, 4.69) is 30.6 Å². The van der Waals surface area contributed by atoms with Crippen molar-refractivity contribution in [2.45, 2.75) is 66.2 Å². The molecule has 0 bridgehead atoms. The van der Waals surface area contributed by atoms with Crippen molar-refractivity contribution >= 4 is 40.4 Å². The summed E-state index contributed by atoms with van der Waals surface area (Å²) in [5.74, 6) is 0.837. The predicted molar refractivity (Wildman–Crippen MR) is 148 cm³/mol. The van der Waals surface area contributed by atoms with Crippen LogP contribution in [0.5, 0.6) is 5.75 Å². The van der Waals surface area contributed by atoms with Crippen LogP contribution in [0.1, 0.15) is 82.4 Å². The van der Waals surface area contributed by atoms with Gasteiger partial charge in [-0.05, 0) is 50.3 Å². The van der Waals surface area contributed by atoms with Crippen molar-refractivity contribution in [3.05, 3.63) is 47.9 Å². The molecule has 36 heavy (non-hydrogen) atoms. The second kappa shape index (κ2) is 13.4. The highest BCUT2D eigenvalue weighted by atomic mass is 16.3. The molecule has 8 heteroatoms. The minimum atomic E-state index is -0.154. The minimum Gasteiger partial charge on any atom is -0.506 e. The number of hydrogen-bond acceptors (Lipinski definition) is 6. The summed E-state index contributed by atoms with van der Waals surface area (Å²) in [4.78, 5) is 29.0. The number of aromatic amines is 1. The normalized spacial score (nSPS) is 14.5. The van der Waals surface area contributed by atoms with E-state index >= 15 is 0 Å². The van der Waals surface area contributed by atoms with Crippen molar-refractivity contribution in [1.82, 2.24) is 20.3 Å². The number of hydrogen-bond donors (Lipinski definition) is 4. The smallest absolute Gasteiger partial charge is 0.267 e. The van der Waals surface area contributed by atoms with E-state index in [4.69, 9.17) is 0 Å². The number of aromatic hydroxyl groups is 1. The minimum absolute atomic E-state index is 0.0455. The van der Waals surface area contributed by atoms with E-state index in [0.717, 1.165) is 17.5 Å². The zero-order valence-electron chi connectivity index (χ0n) is 21.8. The molecule has 0 radical (unpaired) electrons. The molecule has 1 fully saturated rings. The van der Waals surface area contributed by atoms with E-state index in [-0.39, 0.29) is 11.7 Å². The van der Waals surface area contributed by atoms with Crippen molar-refractivity contribution < 1.29 is 9.90 Å². The lowest BCUT2D eigenvalue weighted by molar-refractivity contribution is 0.0939. The number of carbonyl (C=O) groups is 1. The molecule has 1 aromatic carbocycles. The molecule has 4 rings (SSSR count). The van der Waals surface area contributed by atoms with Crippen LogP contribution < -0.4 is 10.6 Å². The molecule has 1 saturated carbocycles. The van der Waals surface area contributed by atoms with Gasteiger partial charge in [0.05, 0.1) is 16.9 Å². The summed E-state index contributed by atoms with van der Waals surface area (Å²) in [5, 5.41) is 17.5. The van der Waals surface area contributed by atoms with Crippen LogP contribution in [0.2, 0.25) is 0 Å². The molecule has 1 aliphatic carbocycles. The number of phenolic OH excluding ortho intramolecular Hbond substituents is 1. The van der Waals surface area contributed by atoms with E-state index in [1.54, 1.807) is 24.4 Å². The van der Waals surface area contributed by atoms with Gasteiger partial charge in [-0.25, -0.2) is 9.97 Å². The molecule has 0 aliphatic heterocycles. The highest BCUT2D eigenvalue weighted by Crippen LogP contribution is 2.31. The van der Waals surface area contributed by atoms with Gasteiger partial charge in [0.2, 0.25) is 5.95 Å². The molecule has 0 unspecified atom stereocenters. The van der Waals surface area contributed by atoms with Crippen LogP contribution in [0.25, 0.3) is 16.6 Å². The van der Waals surface area contributed by atoms with Crippen LogP contribution in [-0.2, 0) is 0 Å². The Morgan fingerprint density at radius 2 is 2.00 bits per heavy atom. The summed E-state index contributed by atoms with van der Waals surface area (Å²) in [5.41, 5.74) is 3.04. The molecule has 0 atom stereocenters. The first kappa shape index (κ1) is 26.9. The number of amides is 1. The van der Waals surface area contributed by atoms with Crippen molar-refractivity contribution in [2.24, 2.45) is 10.9 Å². The van der Waals surface area contributed by atoms with Gasteiger partial charge in [0, 0.05) is 36.1 Å². The molecule has 0 spiro atoms. The van der Waals surface area contributed by atoms with E-state index in [1.165, 1.54) is 32.1 Å². The number of nitrogens with zero attached hydrogens (tertiary/aromatic N) is 3. The number of benzene rings is 1. The fraction of sp³-hybridized carbons (Fsp3) is 0.429. The van der Waals surface area contributed by atoms with Gasteiger partial charge in [-0.2, -0.15) is 0 Å². The Morgan fingerprint density at radius 1 is 1.22 bits per heavy atom. The third-order valence-electron chi connectivity index (χ3n) is 6.09. The molecule has 1 amide bonds. The van der Waals surface area contributed by atoms with Crippen LogP contribution in [0.4, 0.5) is 11.6 Å². The number of carbonyl (C=O) groups excluding carboxylic acids is 1. The number of allylic oxidation sites excluding steroid dienone is 1. The topological polar surface area (TPSA) is 115 Å². The monoisotopic (exact) mass is 490 g/mol. The number of H-pyrrole nitrogens is 1. The van der Waals surface area contributed by atoms with Gasteiger partial charge in [-0.1, -0.05) is 46.1 Å². The highest BCUT2D eigenvalue weighted by molar-refractivity contribution is 6.00. The lowest BCUT2D eigenvalue weighted by Crippen LogP contribution is -2.30. The van der Waals surface area contributed by atoms with Gasteiger partial charge in [-0.3, -0.25) is 9.79 Å². The molecular formula is C28H38N6O2. The first-order valence-electron chi connectivity index (χ1n) is 13.0. The number of anilines is 2. The second-order valence-electron chi connectivity index (χ2n) is 8.64. The summed E-state index contributed by atoms with van der Waals surface area (Å²) in [7, 11) is 0. The zero-order chi connectivity index (χ0) is 25.9. The van der Waals surface area contributed by atoms with Crippen molar-refractivity contribution in [3.63, 3.8) is 0 Å². The third kappa shape index (κ3) is 6.93. The average Bonchev–Trinajstić information content (AvgIpc) is 3.35. The van der Waals surface area contributed by atoms with Crippen molar-refractivity contribution in [3.8, 4) is 5.75 Å². The zero-order valence-corrected chi connectivity index (χ0v) is 21.8. The van der Waals surface area contributed by atoms with Gasteiger partial charge in [0.25, 0.3) is 5.91 Å². The number of fused-ring (bicyclic) bond motifs is 1. The fourth-order valence-electron chi connectivity index (χ4n) is 4.31. The maximum absolute atomic E-state index is 12.7. The largest absolute Gasteiger partial charge is 0.506 e. The third-order valence-corrected chi connectivity index (χ3v) is 6.09. The molecule has 2 aromatic heterocycles. The van der Waals surface area contributed by atoms with E-state index in [1.807, 2.05) is 46.1 Å². The lowest BCUT2D eigenvalue weighted by atomic mass is 9.89. The molecule has 0 saturated heterocycles. The van der Waals surface area contributed by atoms with Crippen molar-refractivity contribution in [1.29, 1.82) is 0 Å². The Hall–Kier alpha value is -3.68. The number of aromatic nitrogens is 3. The summed E-state index contributed by atoms with van der Waals surface area (Å²) >= 11 is 0. The molecule has 4 N–H and O–H groups in total. The predicted octanol–water partition coefficient (Wildman–Crippen LogP) is 6.59. The SMILES string of the molecule is C/C=C(\N=CCC)c1ccnc(Nc2cc(O)c3[nH]c(C(=O)NCC4CCCCC4)cc3c2)n1.CC. The summed E-state index contributed by atoms with van der Waals surface area (Å²) in [6.45, 7) is 8.63. The first-order valence-corrected chi connectivity index (χ1v) is 13.0. The molecule has 1 aliphatic rings. The van der Waals surface area contributed by atoms with Gasteiger partial charge in [-0.15, -0.1) is 0 Å². The van der Waals surface area contributed by atoms with Crippen LogP contribution in [-0.4, -0.2) is 38.7 Å². The molecule has 8 nitrogen and oxygen atoms in total. The quantitative estimate of drug-likeness (QED) is 0.266. The van der Waals surface area contributed by atoms with Crippen LogP contribution in [0.3, 0.4) is 0 Å². The molecular weight excluding hydrogens is 452 g/mol. The first-order chi connectivity index (χ1) is 17.6. The Morgan fingerprint density at radius 3 is 2.72 bits per heavy atom. The van der Waals surface area contributed by atoms with Crippen LogP contribution in [0.15, 0.2) is 41.5 Å². The lowest BCUT2D eigenvalue weighted by Gasteiger charge is -2.21. The van der Waals surface area contributed by atoms with Gasteiger partial charge in [0.1, 0.15) is 11.4 Å². The van der Waals surface area contributed by atoms with Crippen LogP contribution >= 0.6 is 0 Å².